The van der Waals surface area contributed by atoms with Crippen molar-refractivity contribution in [2.24, 2.45) is 0 Å². The molecular weight excluding hydrogens is 292 g/mol. The van der Waals surface area contributed by atoms with E-state index in [-0.39, 0.29) is 5.91 Å². The van der Waals surface area contributed by atoms with Gasteiger partial charge >= 0.3 is 0 Å². The van der Waals surface area contributed by atoms with Crippen LogP contribution in [0.5, 0.6) is 5.75 Å². The maximum atomic E-state index is 12.2. The monoisotopic (exact) mass is 308 g/mol. The van der Waals surface area contributed by atoms with E-state index >= 15 is 0 Å². The lowest BCUT2D eigenvalue weighted by atomic mass is 10.3. The number of amides is 1. The summed E-state index contributed by atoms with van der Waals surface area (Å²) in [5.74, 6) is 1.69. The lowest BCUT2D eigenvalue weighted by molar-refractivity contribution is -0.137. The number of nitrogens with zero attached hydrogens (tertiary/aromatic N) is 3. The number of nitrogens with one attached hydrogen (secondary N) is 1. The van der Waals surface area contributed by atoms with Crippen LogP contribution in [0.15, 0.2) is 24.3 Å². The van der Waals surface area contributed by atoms with Crippen LogP contribution in [-0.2, 0) is 11.3 Å². The molecule has 0 bridgehead atoms. The molecule has 1 aromatic heterocycles. The zero-order chi connectivity index (χ0) is 15.4. The molecule has 1 unspecified atom stereocenters. The summed E-state index contributed by atoms with van der Waals surface area (Å²) in [7, 11) is 1.69. The Morgan fingerprint density at radius 1 is 1.52 bits per heavy atom. The first-order valence-electron chi connectivity index (χ1n) is 6.51. The number of halogens is 1. The van der Waals surface area contributed by atoms with E-state index in [2.05, 4.69) is 15.2 Å². The van der Waals surface area contributed by atoms with Gasteiger partial charge in [0.1, 0.15) is 11.6 Å². The molecule has 1 atom stereocenters. The van der Waals surface area contributed by atoms with E-state index in [1.807, 2.05) is 6.92 Å². The van der Waals surface area contributed by atoms with Crippen molar-refractivity contribution in [1.82, 2.24) is 20.1 Å². The predicted octanol–water partition coefficient (Wildman–Crippen LogP) is 2.19. The van der Waals surface area contributed by atoms with E-state index in [1.165, 1.54) is 4.90 Å². The van der Waals surface area contributed by atoms with Gasteiger partial charge in [-0.05, 0) is 32.0 Å². The lowest BCUT2D eigenvalue weighted by Gasteiger charge is -2.21. The summed E-state index contributed by atoms with van der Waals surface area (Å²) >= 11 is 5.88. The average molecular weight is 309 g/mol. The first-order valence-corrected chi connectivity index (χ1v) is 6.88. The molecule has 0 saturated carbocycles. The number of benzene rings is 1. The normalized spacial score (nSPS) is 12.0. The molecule has 21 heavy (non-hydrogen) atoms. The standard InChI is InChI=1S/C14H17ClN4O2/c1-9(21-12-6-4-5-11(15)7-12)14(20)19(3)8-13-16-10(2)17-18-13/h4-7,9H,8H2,1-3H3,(H,16,17,18). The van der Waals surface area contributed by atoms with Crippen molar-refractivity contribution in [3.8, 4) is 5.75 Å². The summed E-state index contributed by atoms with van der Waals surface area (Å²) in [5.41, 5.74) is 0. The number of carbonyl (C=O) groups is 1. The third-order valence-electron chi connectivity index (χ3n) is 2.86. The van der Waals surface area contributed by atoms with Gasteiger partial charge in [-0.2, -0.15) is 5.10 Å². The number of aromatic amines is 1. The molecule has 0 spiro atoms. The minimum absolute atomic E-state index is 0.155. The molecule has 2 rings (SSSR count). The van der Waals surface area contributed by atoms with Gasteiger partial charge in [0.05, 0.1) is 6.54 Å². The first kappa shape index (κ1) is 15.3. The van der Waals surface area contributed by atoms with Crippen LogP contribution in [0.25, 0.3) is 0 Å². The molecule has 6 nitrogen and oxygen atoms in total. The van der Waals surface area contributed by atoms with E-state index in [1.54, 1.807) is 38.2 Å². The largest absolute Gasteiger partial charge is 0.481 e. The fraction of sp³-hybridized carbons (Fsp3) is 0.357. The molecule has 0 aliphatic rings. The van der Waals surface area contributed by atoms with Crippen molar-refractivity contribution in [3.63, 3.8) is 0 Å². The highest BCUT2D eigenvalue weighted by Gasteiger charge is 2.20. The number of H-pyrrole nitrogens is 1. The molecule has 112 valence electrons. The van der Waals surface area contributed by atoms with Gasteiger partial charge in [0.25, 0.3) is 5.91 Å². The molecule has 0 saturated heterocycles. The Kier molecular flexibility index (Phi) is 4.80. The van der Waals surface area contributed by atoms with Crippen LogP contribution in [0.2, 0.25) is 5.02 Å². The van der Waals surface area contributed by atoms with E-state index in [9.17, 15) is 4.79 Å². The minimum atomic E-state index is -0.617. The van der Waals surface area contributed by atoms with Crippen molar-refractivity contribution < 1.29 is 9.53 Å². The van der Waals surface area contributed by atoms with Gasteiger partial charge in [-0.1, -0.05) is 17.7 Å². The summed E-state index contributed by atoms with van der Waals surface area (Å²) in [6, 6.07) is 6.95. The van der Waals surface area contributed by atoms with E-state index < -0.39 is 6.10 Å². The van der Waals surface area contributed by atoms with Crippen LogP contribution in [0.3, 0.4) is 0 Å². The van der Waals surface area contributed by atoms with E-state index in [4.69, 9.17) is 16.3 Å². The minimum Gasteiger partial charge on any atom is -0.481 e. The predicted molar refractivity (Wildman–Crippen MR) is 79.1 cm³/mol. The van der Waals surface area contributed by atoms with Crippen LogP contribution < -0.4 is 4.74 Å². The highest BCUT2D eigenvalue weighted by atomic mass is 35.5. The molecule has 0 aliphatic heterocycles. The van der Waals surface area contributed by atoms with Gasteiger partial charge in [-0.15, -0.1) is 0 Å². The highest BCUT2D eigenvalue weighted by Crippen LogP contribution is 2.18. The Morgan fingerprint density at radius 3 is 2.90 bits per heavy atom. The SMILES string of the molecule is Cc1nc(CN(C)C(=O)C(C)Oc2cccc(Cl)c2)n[nH]1. The first-order chi connectivity index (χ1) is 9.95. The molecule has 1 N–H and O–H groups in total. The molecule has 0 radical (unpaired) electrons. The maximum absolute atomic E-state index is 12.2. The summed E-state index contributed by atoms with van der Waals surface area (Å²) in [6.07, 6.45) is -0.617. The zero-order valence-electron chi connectivity index (χ0n) is 12.1. The number of rotatable bonds is 5. The lowest BCUT2D eigenvalue weighted by Crippen LogP contribution is -2.37. The molecule has 0 aliphatic carbocycles. The Balaban J connectivity index is 1.95. The van der Waals surface area contributed by atoms with E-state index in [0.29, 0.717) is 29.0 Å². The molecule has 1 aromatic carbocycles. The average Bonchev–Trinajstić information content (AvgIpc) is 2.83. The fourth-order valence-corrected chi connectivity index (χ4v) is 2.04. The smallest absolute Gasteiger partial charge is 0.263 e. The molecule has 2 aromatic rings. The van der Waals surface area contributed by atoms with Crippen molar-refractivity contribution in [2.45, 2.75) is 26.5 Å². The molecular formula is C14H17ClN4O2. The number of aryl methyl sites for hydroxylation is 1. The Hall–Kier alpha value is -2.08. The molecule has 1 heterocycles. The van der Waals surface area contributed by atoms with Crippen molar-refractivity contribution >= 4 is 17.5 Å². The Labute approximate surface area is 128 Å². The van der Waals surface area contributed by atoms with Crippen LogP contribution in [0, 0.1) is 6.92 Å². The van der Waals surface area contributed by atoms with E-state index in [0.717, 1.165) is 0 Å². The van der Waals surface area contributed by atoms with Gasteiger partial charge in [0.15, 0.2) is 11.9 Å². The third-order valence-corrected chi connectivity index (χ3v) is 3.09. The van der Waals surface area contributed by atoms with Crippen LogP contribution in [0.1, 0.15) is 18.6 Å². The summed E-state index contributed by atoms with van der Waals surface area (Å²) < 4.78 is 5.60. The second-order valence-corrected chi connectivity index (χ2v) is 5.19. The molecule has 7 heteroatoms. The Bertz CT molecular complexity index is 629. The summed E-state index contributed by atoms with van der Waals surface area (Å²) in [6.45, 7) is 3.83. The van der Waals surface area contributed by atoms with Crippen molar-refractivity contribution in [1.29, 1.82) is 0 Å². The Morgan fingerprint density at radius 2 is 2.29 bits per heavy atom. The topological polar surface area (TPSA) is 71.1 Å². The quantitative estimate of drug-likeness (QED) is 0.919. The molecule has 1 amide bonds. The van der Waals surface area contributed by atoms with Crippen LogP contribution in [-0.4, -0.2) is 39.1 Å². The van der Waals surface area contributed by atoms with Gasteiger partial charge in [0.2, 0.25) is 0 Å². The maximum Gasteiger partial charge on any atom is 0.263 e. The second-order valence-electron chi connectivity index (χ2n) is 4.75. The number of carbonyl (C=O) groups excluding carboxylic acids is 1. The summed E-state index contributed by atoms with van der Waals surface area (Å²) in [5, 5.41) is 7.31. The summed E-state index contributed by atoms with van der Waals surface area (Å²) in [4.78, 5) is 17.9. The van der Waals surface area contributed by atoms with Crippen LogP contribution >= 0.6 is 11.6 Å². The van der Waals surface area contributed by atoms with Gasteiger partial charge in [0, 0.05) is 12.1 Å². The van der Waals surface area contributed by atoms with Gasteiger partial charge in [-0.25, -0.2) is 4.98 Å². The fourth-order valence-electron chi connectivity index (χ4n) is 1.85. The number of ether oxygens (including phenoxy) is 1. The van der Waals surface area contributed by atoms with Crippen molar-refractivity contribution in [3.05, 3.63) is 40.9 Å². The second kappa shape index (κ2) is 6.58. The van der Waals surface area contributed by atoms with Crippen molar-refractivity contribution in [2.75, 3.05) is 7.05 Å². The molecule has 0 fully saturated rings. The van der Waals surface area contributed by atoms with Gasteiger partial charge in [-0.3, -0.25) is 9.89 Å². The van der Waals surface area contributed by atoms with Gasteiger partial charge < -0.3 is 9.64 Å². The number of hydrogen-bond acceptors (Lipinski definition) is 4. The number of hydrogen-bond donors (Lipinski definition) is 1. The number of aromatic nitrogens is 3. The number of likely N-dealkylation sites (N-methyl/N-ethyl adjacent to an activating group) is 1. The zero-order valence-corrected chi connectivity index (χ0v) is 12.9. The van der Waals surface area contributed by atoms with Crippen LogP contribution in [0.4, 0.5) is 0 Å². The highest BCUT2D eigenvalue weighted by molar-refractivity contribution is 6.30. The third kappa shape index (κ3) is 4.19.